The van der Waals surface area contributed by atoms with Gasteiger partial charge >= 0.3 is 0 Å². The summed E-state index contributed by atoms with van der Waals surface area (Å²) in [5.41, 5.74) is 7.74. The number of anilines is 2. The molecular weight excluding hydrogens is 324 g/mol. The average molecular weight is 339 g/mol. The number of rotatable bonds is 4. The Morgan fingerprint density at radius 3 is 2.54 bits per heavy atom. The van der Waals surface area contributed by atoms with E-state index in [9.17, 15) is 4.79 Å². The van der Waals surface area contributed by atoms with Crippen molar-refractivity contribution in [3.8, 4) is 11.3 Å². The van der Waals surface area contributed by atoms with Crippen LogP contribution in [0.4, 0.5) is 11.4 Å². The number of halogens is 1. The van der Waals surface area contributed by atoms with Gasteiger partial charge in [0.05, 0.1) is 5.02 Å². The van der Waals surface area contributed by atoms with Crippen LogP contribution in [0.5, 0.6) is 0 Å². The van der Waals surface area contributed by atoms with Gasteiger partial charge in [-0.3, -0.25) is 4.79 Å². The summed E-state index contributed by atoms with van der Waals surface area (Å²) in [5.74, 6) is 0.965. The van der Waals surface area contributed by atoms with E-state index in [1.807, 2.05) is 24.3 Å². The van der Waals surface area contributed by atoms with E-state index in [1.54, 1.807) is 42.5 Å². The minimum Gasteiger partial charge on any atom is -0.457 e. The molecular formula is C19H15ClN2O2. The molecule has 0 bridgehead atoms. The number of hydrogen-bond donors (Lipinski definition) is 2. The summed E-state index contributed by atoms with van der Waals surface area (Å²) in [7, 11) is 0. The predicted molar refractivity (Wildman–Crippen MR) is 97.7 cm³/mol. The average Bonchev–Trinajstić information content (AvgIpc) is 3.04. The Morgan fingerprint density at radius 2 is 1.79 bits per heavy atom. The first-order chi connectivity index (χ1) is 11.6. The van der Waals surface area contributed by atoms with Crippen LogP contribution in [0.15, 0.2) is 71.2 Å². The minimum atomic E-state index is -0.254. The van der Waals surface area contributed by atoms with Crippen LogP contribution in [0, 0.1) is 0 Å². The molecule has 0 spiro atoms. The molecule has 4 nitrogen and oxygen atoms in total. The van der Waals surface area contributed by atoms with Crippen molar-refractivity contribution < 1.29 is 9.21 Å². The van der Waals surface area contributed by atoms with Gasteiger partial charge in [0.2, 0.25) is 5.91 Å². The maximum atomic E-state index is 11.9. The SMILES string of the molecule is Nc1ccc(NC(=O)/C=C/c2ccc(-c3ccccc3Cl)o2)cc1. The normalized spacial score (nSPS) is 10.9. The van der Waals surface area contributed by atoms with Crippen LogP contribution in [0.1, 0.15) is 5.76 Å². The van der Waals surface area contributed by atoms with E-state index in [1.165, 1.54) is 6.08 Å². The van der Waals surface area contributed by atoms with Gasteiger partial charge in [-0.1, -0.05) is 23.7 Å². The monoisotopic (exact) mass is 338 g/mol. The molecule has 0 radical (unpaired) electrons. The highest BCUT2D eigenvalue weighted by atomic mass is 35.5. The Balaban J connectivity index is 1.68. The first kappa shape index (κ1) is 15.9. The number of carbonyl (C=O) groups is 1. The Kier molecular flexibility index (Phi) is 4.68. The van der Waals surface area contributed by atoms with E-state index < -0.39 is 0 Å². The summed E-state index contributed by atoms with van der Waals surface area (Å²) in [6.07, 6.45) is 3.01. The number of nitrogen functional groups attached to an aromatic ring is 1. The van der Waals surface area contributed by atoms with Crippen LogP contribution in [-0.2, 0) is 4.79 Å². The molecule has 0 saturated heterocycles. The van der Waals surface area contributed by atoms with Gasteiger partial charge in [0.25, 0.3) is 0 Å². The molecule has 0 saturated carbocycles. The zero-order valence-electron chi connectivity index (χ0n) is 12.7. The summed E-state index contributed by atoms with van der Waals surface area (Å²) in [4.78, 5) is 11.9. The fourth-order valence-electron chi connectivity index (χ4n) is 2.16. The zero-order valence-corrected chi connectivity index (χ0v) is 13.5. The number of hydrogen-bond acceptors (Lipinski definition) is 3. The van der Waals surface area contributed by atoms with Crippen LogP contribution >= 0.6 is 11.6 Å². The lowest BCUT2D eigenvalue weighted by Crippen LogP contribution is -2.07. The Labute approximate surface area is 144 Å². The Bertz CT molecular complexity index is 882. The highest BCUT2D eigenvalue weighted by Gasteiger charge is 2.07. The van der Waals surface area contributed by atoms with E-state index in [-0.39, 0.29) is 5.91 Å². The van der Waals surface area contributed by atoms with Crippen molar-refractivity contribution in [2.24, 2.45) is 0 Å². The summed E-state index contributed by atoms with van der Waals surface area (Å²) >= 11 is 6.15. The molecule has 0 atom stereocenters. The van der Waals surface area contributed by atoms with Gasteiger partial charge in [0, 0.05) is 23.0 Å². The number of nitrogens with two attached hydrogens (primary N) is 1. The van der Waals surface area contributed by atoms with Gasteiger partial charge in [0.1, 0.15) is 11.5 Å². The van der Waals surface area contributed by atoms with Crippen LogP contribution in [0.2, 0.25) is 5.02 Å². The van der Waals surface area contributed by atoms with Gasteiger partial charge < -0.3 is 15.5 Å². The van der Waals surface area contributed by atoms with E-state index in [0.29, 0.717) is 27.9 Å². The molecule has 1 heterocycles. The van der Waals surface area contributed by atoms with Crippen molar-refractivity contribution in [2.75, 3.05) is 11.1 Å². The van der Waals surface area contributed by atoms with Crippen molar-refractivity contribution >= 4 is 35.0 Å². The molecule has 5 heteroatoms. The second-order valence-corrected chi connectivity index (χ2v) is 5.53. The number of carbonyl (C=O) groups excluding carboxylic acids is 1. The van der Waals surface area contributed by atoms with Gasteiger partial charge in [-0.15, -0.1) is 0 Å². The lowest BCUT2D eigenvalue weighted by atomic mass is 10.2. The van der Waals surface area contributed by atoms with Crippen LogP contribution in [0.25, 0.3) is 17.4 Å². The van der Waals surface area contributed by atoms with Crippen LogP contribution < -0.4 is 11.1 Å². The third kappa shape index (κ3) is 3.86. The third-order valence-electron chi connectivity index (χ3n) is 3.34. The van der Waals surface area contributed by atoms with E-state index >= 15 is 0 Å². The molecule has 120 valence electrons. The third-order valence-corrected chi connectivity index (χ3v) is 3.67. The molecule has 0 aliphatic rings. The number of nitrogens with one attached hydrogen (secondary N) is 1. The molecule has 3 rings (SSSR count). The molecule has 2 aromatic carbocycles. The van der Waals surface area contributed by atoms with Crippen LogP contribution in [0.3, 0.4) is 0 Å². The zero-order chi connectivity index (χ0) is 16.9. The summed E-state index contributed by atoms with van der Waals surface area (Å²) in [6, 6.07) is 18.0. The summed E-state index contributed by atoms with van der Waals surface area (Å²) in [5, 5.41) is 3.36. The van der Waals surface area contributed by atoms with Gasteiger partial charge in [-0.25, -0.2) is 0 Å². The molecule has 0 unspecified atom stereocenters. The molecule has 3 aromatic rings. The highest BCUT2D eigenvalue weighted by molar-refractivity contribution is 6.33. The lowest BCUT2D eigenvalue weighted by molar-refractivity contribution is -0.111. The number of amides is 1. The summed E-state index contributed by atoms with van der Waals surface area (Å²) in [6.45, 7) is 0. The molecule has 1 aromatic heterocycles. The molecule has 0 aliphatic carbocycles. The van der Waals surface area contributed by atoms with Crippen molar-refractivity contribution in [1.29, 1.82) is 0 Å². The Hall–Kier alpha value is -2.98. The first-order valence-electron chi connectivity index (χ1n) is 7.31. The fraction of sp³-hybridized carbons (Fsp3) is 0. The molecule has 3 N–H and O–H groups in total. The molecule has 1 amide bonds. The minimum absolute atomic E-state index is 0.254. The number of furan rings is 1. The van der Waals surface area contributed by atoms with E-state index in [4.69, 9.17) is 21.8 Å². The van der Waals surface area contributed by atoms with Gasteiger partial charge in [0.15, 0.2) is 0 Å². The Morgan fingerprint density at radius 1 is 1.04 bits per heavy atom. The fourth-order valence-corrected chi connectivity index (χ4v) is 2.39. The van der Waals surface area contributed by atoms with Crippen LogP contribution in [-0.4, -0.2) is 5.91 Å². The lowest BCUT2D eigenvalue weighted by Gasteiger charge is -2.01. The first-order valence-corrected chi connectivity index (χ1v) is 7.69. The van der Waals surface area contributed by atoms with Crippen molar-refractivity contribution in [2.45, 2.75) is 0 Å². The van der Waals surface area contributed by atoms with Gasteiger partial charge in [-0.05, 0) is 54.6 Å². The molecule has 0 fully saturated rings. The molecule has 24 heavy (non-hydrogen) atoms. The van der Waals surface area contributed by atoms with E-state index in [0.717, 1.165) is 5.56 Å². The standard InChI is InChI=1S/C19H15ClN2O2/c20-17-4-2-1-3-16(17)18-11-9-15(24-18)10-12-19(23)22-14-7-5-13(21)6-8-14/h1-12H,21H2,(H,22,23)/b12-10+. The predicted octanol–water partition coefficient (Wildman–Crippen LogP) is 4.83. The van der Waals surface area contributed by atoms with Crippen molar-refractivity contribution in [3.63, 3.8) is 0 Å². The maximum Gasteiger partial charge on any atom is 0.248 e. The second kappa shape index (κ2) is 7.06. The maximum absolute atomic E-state index is 11.9. The van der Waals surface area contributed by atoms with Gasteiger partial charge in [-0.2, -0.15) is 0 Å². The quantitative estimate of drug-likeness (QED) is 0.528. The largest absolute Gasteiger partial charge is 0.457 e. The summed E-state index contributed by atoms with van der Waals surface area (Å²) < 4.78 is 5.70. The second-order valence-electron chi connectivity index (χ2n) is 5.13. The van der Waals surface area contributed by atoms with Crippen molar-refractivity contribution in [3.05, 3.63) is 77.5 Å². The van der Waals surface area contributed by atoms with E-state index in [2.05, 4.69) is 5.32 Å². The van der Waals surface area contributed by atoms with Crippen molar-refractivity contribution in [1.82, 2.24) is 0 Å². The topological polar surface area (TPSA) is 68.3 Å². The smallest absolute Gasteiger partial charge is 0.248 e. The number of benzene rings is 2. The highest BCUT2D eigenvalue weighted by Crippen LogP contribution is 2.29. The molecule has 0 aliphatic heterocycles.